The summed E-state index contributed by atoms with van der Waals surface area (Å²) in [4.78, 5) is 0. The summed E-state index contributed by atoms with van der Waals surface area (Å²) in [5.41, 5.74) is 1.13. The highest BCUT2D eigenvalue weighted by Gasteiger charge is 2.23. The van der Waals surface area contributed by atoms with Crippen LogP contribution >= 0.6 is 0 Å². The van der Waals surface area contributed by atoms with Crippen molar-refractivity contribution in [3.63, 3.8) is 0 Å². The first-order valence-electron chi connectivity index (χ1n) is 6.14. The van der Waals surface area contributed by atoms with Crippen LogP contribution in [0.4, 0.5) is 10.1 Å². The van der Waals surface area contributed by atoms with Crippen LogP contribution in [-0.2, 0) is 0 Å². The van der Waals surface area contributed by atoms with E-state index in [1.54, 1.807) is 6.07 Å². The Morgan fingerprint density at radius 2 is 2.29 bits per heavy atom. The maximum absolute atomic E-state index is 13.0. The van der Waals surface area contributed by atoms with Crippen LogP contribution in [0.1, 0.15) is 31.7 Å². The second-order valence-electron chi connectivity index (χ2n) is 4.85. The van der Waals surface area contributed by atoms with E-state index in [4.69, 9.17) is 5.26 Å². The fourth-order valence-corrected chi connectivity index (χ4v) is 2.53. The molecule has 2 unspecified atom stereocenters. The van der Waals surface area contributed by atoms with Gasteiger partial charge in [-0.15, -0.1) is 0 Å². The van der Waals surface area contributed by atoms with E-state index in [0.29, 0.717) is 11.5 Å². The summed E-state index contributed by atoms with van der Waals surface area (Å²) >= 11 is 0. The molecule has 3 heteroatoms. The second-order valence-corrected chi connectivity index (χ2v) is 4.85. The van der Waals surface area contributed by atoms with Gasteiger partial charge < -0.3 is 5.32 Å². The standard InChI is InChI=1S/C14H17FN2/c1-10-3-2-4-11(10)9-17-14-6-5-13(15)7-12(14)8-16/h5-7,10-11,17H,2-4,9H2,1H3. The van der Waals surface area contributed by atoms with E-state index in [1.165, 1.54) is 31.4 Å². The third kappa shape index (κ3) is 2.76. The average molecular weight is 232 g/mol. The number of nitriles is 1. The van der Waals surface area contributed by atoms with Gasteiger partial charge in [0.05, 0.1) is 11.3 Å². The molecule has 0 aliphatic heterocycles. The third-order valence-corrected chi connectivity index (χ3v) is 3.70. The van der Waals surface area contributed by atoms with E-state index in [-0.39, 0.29) is 5.82 Å². The van der Waals surface area contributed by atoms with Gasteiger partial charge in [-0.25, -0.2) is 4.39 Å². The van der Waals surface area contributed by atoms with Crippen LogP contribution in [0.5, 0.6) is 0 Å². The zero-order valence-electron chi connectivity index (χ0n) is 10.0. The lowest BCUT2D eigenvalue weighted by molar-refractivity contribution is 0.439. The van der Waals surface area contributed by atoms with E-state index in [0.717, 1.165) is 18.2 Å². The van der Waals surface area contributed by atoms with Crippen molar-refractivity contribution in [2.24, 2.45) is 11.8 Å². The largest absolute Gasteiger partial charge is 0.384 e. The van der Waals surface area contributed by atoms with Crippen LogP contribution in [0.2, 0.25) is 0 Å². The van der Waals surface area contributed by atoms with Crippen molar-refractivity contribution < 1.29 is 4.39 Å². The Morgan fingerprint density at radius 1 is 1.47 bits per heavy atom. The van der Waals surface area contributed by atoms with Crippen molar-refractivity contribution in [3.8, 4) is 6.07 Å². The van der Waals surface area contributed by atoms with Gasteiger partial charge in [0.2, 0.25) is 0 Å². The van der Waals surface area contributed by atoms with Gasteiger partial charge in [0.1, 0.15) is 11.9 Å². The average Bonchev–Trinajstić information content (AvgIpc) is 2.73. The fourth-order valence-electron chi connectivity index (χ4n) is 2.53. The highest BCUT2D eigenvalue weighted by atomic mass is 19.1. The summed E-state index contributed by atoms with van der Waals surface area (Å²) in [5.74, 6) is 1.06. The number of halogens is 1. The summed E-state index contributed by atoms with van der Waals surface area (Å²) < 4.78 is 13.0. The molecule has 2 rings (SSSR count). The quantitative estimate of drug-likeness (QED) is 0.865. The molecule has 0 aromatic heterocycles. The molecule has 0 spiro atoms. The molecule has 90 valence electrons. The van der Waals surface area contributed by atoms with Gasteiger partial charge in [0, 0.05) is 6.54 Å². The first-order chi connectivity index (χ1) is 8.20. The molecular formula is C14H17FN2. The summed E-state index contributed by atoms with van der Waals surface area (Å²) in [7, 11) is 0. The van der Waals surface area contributed by atoms with E-state index in [1.807, 2.05) is 6.07 Å². The zero-order valence-corrected chi connectivity index (χ0v) is 10.0. The fraction of sp³-hybridized carbons (Fsp3) is 0.500. The lowest BCUT2D eigenvalue weighted by Gasteiger charge is -2.17. The number of nitrogens with one attached hydrogen (secondary N) is 1. The molecule has 0 heterocycles. The Morgan fingerprint density at radius 3 is 2.94 bits per heavy atom. The Bertz CT molecular complexity index is 436. The van der Waals surface area contributed by atoms with Crippen LogP contribution in [0, 0.1) is 29.0 Å². The number of benzene rings is 1. The summed E-state index contributed by atoms with van der Waals surface area (Å²) in [6.07, 6.45) is 3.83. The number of rotatable bonds is 3. The molecule has 1 N–H and O–H groups in total. The third-order valence-electron chi connectivity index (χ3n) is 3.70. The number of anilines is 1. The van der Waals surface area contributed by atoms with Crippen molar-refractivity contribution in [1.82, 2.24) is 0 Å². The van der Waals surface area contributed by atoms with Crippen molar-refractivity contribution in [2.45, 2.75) is 26.2 Å². The molecule has 0 amide bonds. The maximum Gasteiger partial charge on any atom is 0.124 e. The van der Waals surface area contributed by atoms with Gasteiger partial charge in [-0.05, 0) is 36.5 Å². The molecule has 1 fully saturated rings. The minimum Gasteiger partial charge on any atom is -0.384 e. The van der Waals surface area contributed by atoms with Crippen LogP contribution < -0.4 is 5.32 Å². The number of nitrogens with zero attached hydrogens (tertiary/aromatic N) is 1. The first-order valence-corrected chi connectivity index (χ1v) is 6.14. The van der Waals surface area contributed by atoms with Crippen molar-refractivity contribution >= 4 is 5.69 Å². The zero-order chi connectivity index (χ0) is 12.3. The Labute approximate surface area is 101 Å². The molecule has 1 aliphatic rings. The van der Waals surface area contributed by atoms with E-state index in [9.17, 15) is 4.39 Å². The lowest BCUT2D eigenvalue weighted by atomic mass is 9.98. The molecule has 1 aromatic rings. The Kier molecular flexibility index (Phi) is 3.63. The van der Waals surface area contributed by atoms with Gasteiger partial charge in [0.25, 0.3) is 0 Å². The summed E-state index contributed by atoms with van der Waals surface area (Å²) in [6, 6.07) is 6.34. The normalized spacial score (nSPS) is 23.4. The topological polar surface area (TPSA) is 35.8 Å². The Balaban J connectivity index is 2.01. The summed E-state index contributed by atoms with van der Waals surface area (Å²) in [6.45, 7) is 3.15. The predicted molar refractivity (Wildman–Crippen MR) is 66.1 cm³/mol. The second kappa shape index (κ2) is 5.18. The van der Waals surface area contributed by atoms with Crippen LogP contribution in [0.25, 0.3) is 0 Å². The van der Waals surface area contributed by atoms with Crippen molar-refractivity contribution in [1.29, 1.82) is 5.26 Å². The van der Waals surface area contributed by atoms with Crippen molar-refractivity contribution in [2.75, 3.05) is 11.9 Å². The molecule has 0 saturated heterocycles. The van der Waals surface area contributed by atoms with Crippen LogP contribution in [-0.4, -0.2) is 6.54 Å². The van der Waals surface area contributed by atoms with Gasteiger partial charge >= 0.3 is 0 Å². The highest BCUT2D eigenvalue weighted by Crippen LogP contribution is 2.31. The number of hydrogen-bond acceptors (Lipinski definition) is 2. The van der Waals surface area contributed by atoms with Gasteiger partial charge in [-0.3, -0.25) is 0 Å². The highest BCUT2D eigenvalue weighted by molar-refractivity contribution is 5.57. The molecule has 1 aromatic carbocycles. The minimum atomic E-state index is -0.360. The predicted octanol–water partition coefficient (Wildman–Crippen LogP) is 3.55. The minimum absolute atomic E-state index is 0.360. The molecule has 2 atom stereocenters. The maximum atomic E-state index is 13.0. The first kappa shape index (κ1) is 11.9. The molecular weight excluding hydrogens is 215 g/mol. The smallest absolute Gasteiger partial charge is 0.124 e. The molecule has 2 nitrogen and oxygen atoms in total. The SMILES string of the molecule is CC1CCCC1CNc1ccc(F)cc1C#N. The Hall–Kier alpha value is -1.56. The van der Waals surface area contributed by atoms with E-state index in [2.05, 4.69) is 12.2 Å². The monoisotopic (exact) mass is 232 g/mol. The van der Waals surface area contributed by atoms with Crippen LogP contribution in [0.15, 0.2) is 18.2 Å². The molecule has 1 saturated carbocycles. The van der Waals surface area contributed by atoms with Gasteiger partial charge in [-0.1, -0.05) is 19.8 Å². The summed E-state index contributed by atoms with van der Waals surface area (Å²) in [5, 5.41) is 12.2. The van der Waals surface area contributed by atoms with Gasteiger partial charge in [-0.2, -0.15) is 5.26 Å². The van der Waals surface area contributed by atoms with E-state index >= 15 is 0 Å². The molecule has 0 bridgehead atoms. The molecule has 0 radical (unpaired) electrons. The van der Waals surface area contributed by atoms with Gasteiger partial charge in [0.15, 0.2) is 0 Å². The van der Waals surface area contributed by atoms with E-state index < -0.39 is 0 Å². The lowest BCUT2D eigenvalue weighted by Crippen LogP contribution is -2.16. The van der Waals surface area contributed by atoms with Crippen LogP contribution in [0.3, 0.4) is 0 Å². The molecule has 1 aliphatic carbocycles. The molecule has 17 heavy (non-hydrogen) atoms. The van der Waals surface area contributed by atoms with Crippen molar-refractivity contribution in [3.05, 3.63) is 29.6 Å². The number of hydrogen-bond donors (Lipinski definition) is 1.